The molecule has 19 heavy (non-hydrogen) atoms. The van der Waals surface area contributed by atoms with Crippen LogP contribution in [-0.2, 0) is 0 Å². The summed E-state index contributed by atoms with van der Waals surface area (Å²) in [5.41, 5.74) is 1.04. The van der Waals surface area contributed by atoms with E-state index in [0.717, 1.165) is 24.6 Å². The average molecular weight is 263 g/mol. The van der Waals surface area contributed by atoms with Gasteiger partial charge in [-0.15, -0.1) is 0 Å². The SMILES string of the molecule is Cc1cc(C(=O)O)cc(N(C)CCN2CCCC2)n1. The van der Waals surface area contributed by atoms with Crippen LogP contribution in [0.25, 0.3) is 0 Å². The Morgan fingerprint density at radius 1 is 1.42 bits per heavy atom. The molecule has 1 aliphatic rings. The lowest BCUT2D eigenvalue weighted by atomic mass is 10.2. The number of aromatic nitrogens is 1. The first kappa shape index (κ1) is 13.8. The number of aromatic carboxylic acids is 1. The van der Waals surface area contributed by atoms with E-state index in [2.05, 4.69) is 9.88 Å². The van der Waals surface area contributed by atoms with Crippen molar-refractivity contribution in [2.45, 2.75) is 19.8 Å². The highest BCUT2D eigenvalue weighted by Gasteiger charge is 2.13. The van der Waals surface area contributed by atoms with Gasteiger partial charge >= 0.3 is 5.97 Å². The van der Waals surface area contributed by atoms with E-state index < -0.39 is 5.97 Å². The molecule has 2 rings (SSSR count). The second kappa shape index (κ2) is 6.02. The van der Waals surface area contributed by atoms with E-state index in [1.54, 1.807) is 12.1 Å². The number of anilines is 1. The first-order valence-corrected chi connectivity index (χ1v) is 6.72. The van der Waals surface area contributed by atoms with Gasteiger partial charge in [0.05, 0.1) is 5.56 Å². The highest BCUT2D eigenvalue weighted by Crippen LogP contribution is 2.14. The Morgan fingerprint density at radius 2 is 2.11 bits per heavy atom. The third kappa shape index (κ3) is 3.67. The van der Waals surface area contributed by atoms with Crippen LogP contribution in [0, 0.1) is 6.92 Å². The number of pyridine rings is 1. The molecular formula is C14H21N3O2. The van der Waals surface area contributed by atoms with E-state index >= 15 is 0 Å². The van der Waals surface area contributed by atoms with Crippen molar-refractivity contribution in [3.8, 4) is 0 Å². The molecule has 0 radical (unpaired) electrons. The number of likely N-dealkylation sites (N-methyl/N-ethyl adjacent to an activating group) is 1. The first-order chi connectivity index (χ1) is 9.06. The Labute approximate surface area is 113 Å². The van der Waals surface area contributed by atoms with Gasteiger partial charge in [-0.3, -0.25) is 0 Å². The first-order valence-electron chi connectivity index (χ1n) is 6.72. The maximum absolute atomic E-state index is 11.0. The summed E-state index contributed by atoms with van der Waals surface area (Å²) in [5.74, 6) is -0.170. The molecule has 0 saturated carbocycles. The minimum Gasteiger partial charge on any atom is -0.478 e. The molecule has 2 heterocycles. The smallest absolute Gasteiger partial charge is 0.335 e. The van der Waals surface area contributed by atoms with Gasteiger partial charge in [0.1, 0.15) is 5.82 Å². The summed E-state index contributed by atoms with van der Waals surface area (Å²) in [6.07, 6.45) is 2.57. The summed E-state index contributed by atoms with van der Waals surface area (Å²) in [6, 6.07) is 3.24. The predicted octanol–water partition coefficient (Wildman–Crippen LogP) is 1.62. The minimum absolute atomic E-state index is 0.301. The quantitative estimate of drug-likeness (QED) is 0.875. The standard InChI is InChI=1S/C14H21N3O2/c1-11-9-12(14(18)19)10-13(15-11)16(2)7-8-17-5-3-4-6-17/h9-10H,3-8H2,1-2H3,(H,18,19). The minimum atomic E-state index is -0.903. The molecule has 1 aromatic heterocycles. The topological polar surface area (TPSA) is 56.7 Å². The van der Waals surface area contributed by atoms with Crippen molar-refractivity contribution in [2.24, 2.45) is 0 Å². The number of carbonyl (C=O) groups is 1. The monoisotopic (exact) mass is 263 g/mol. The molecule has 1 aliphatic heterocycles. The molecule has 5 heteroatoms. The Balaban J connectivity index is 2.01. The normalized spacial score (nSPS) is 15.7. The van der Waals surface area contributed by atoms with E-state index in [9.17, 15) is 4.79 Å². The van der Waals surface area contributed by atoms with Gasteiger partial charge in [0.15, 0.2) is 0 Å². The number of hydrogen-bond donors (Lipinski definition) is 1. The molecule has 0 atom stereocenters. The molecule has 5 nitrogen and oxygen atoms in total. The van der Waals surface area contributed by atoms with Crippen LogP contribution in [0.15, 0.2) is 12.1 Å². The van der Waals surface area contributed by atoms with Gasteiger partial charge in [0.25, 0.3) is 0 Å². The third-order valence-corrected chi connectivity index (χ3v) is 3.53. The zero-order valence-electron chi connectivity index (χ0n) is 11.6. The number of nitrogens with zero attached hydrogens (tertiary/aromatic N) is 3. The molecule has 0 aromatic carbocycles. The van der Waals surface area contributed by atoms with Crippen molar-refractivity contribution in [1.82, 2.24) is 9.88 Å². The van der Waals surface area contributed by atoms with E-state index in [-0.39, 0.29) is 0 Å². The van der Waals surface area contributed by atoms with Gasteiger partial charge in [0, 0.05) is 25.8 Å². The number of carboxylic acids is 1. The van der Waals surface area contributed by atoms with Crippen molar-refractivity contribution in [2.75, 3.05) is 38.1 Å². The van der Waals surface area contributed by atoms with E-state index in [0.29, 0.717) is 5.56 Å². The number of aryl methyl sites for hydroxylation is 1. The highest BCUT2D eigenvalue weighted by atomic mass is 16.4. The molecule has 1 fully saturated rings. The van der Waals surface area contributed by atoms with Gasteiger partial charge in [-0.2, -0.15) is 0 Å². The summed E-state index contributed by atoms with van der Waals surface area (Å²) < 4.78 is 0. The summed E-state index contributed by atoms with van der Waals surface area (Å²) >= 11 is 0. The predicted molar refractivity (Wildman–Crippen MR) is 74.9 cm³/mol. The fourth-order valence-electron chi connectivity index (χ4n) is 2.38. The molecule has 0 bridgehead atoms. The van der Waals surface area contributed by atoms with Gasteiger partial charge in [-0.05, 0) is 45.0 Å². The van der Waals surface area contributed by atoms with Crippen LogP contribution >= 0.6 is 0 Å². The third-order valence-electron chi connectivity index (χ3n) is 3.53. The van der Waals surface area contributed by atoms with Crippen molar-refractivity contribution < 1.29 is 9.90 Å². The van der Waals surface area contributed by atoms with Gasteiger partial charge < -0.3 is 14.9 Å². The lowest BCUT2D eigenvalue weighted by Crippen LogP contribution is -2.32. The van der Waals surface area contributed by atoms with Gasteiger partial charge in [-0.25, -0.2) is 9.78 Å². The largest absolute Gasteiger partial charge is 0.478 e. The Hall–Kier alpha value is -1.62. The number of rotatable bonds is 5. The number of hydrogen-bond acceptors (Lipinski definition) is 4. The number of likely N-dealkylation sites (tertiary alicyclic amines) is 1. The van der Waals surface area contributed by atoms with Crippen LogP contribution in [0.3, 0.4) is 0 Å². The molecule has 0 amide bonds. The Morgan fingerprint density at radius 3 is 2.74 bits per heavy atom. The Bertz CT molecular complexity index is 456. The van der Waals surface area contributed by atoms with Crippen LogP contribution in [-0.4, -0.2) is 54.2 Å². The molecule has 1 saturated heterocycles. The van der Waals surface area contributed by atoms with Crippen molar-refractivity contribution in [3.63, 3.8) is 0 Å². The zero-order chi connectivity index (χ0) is 13.8. The van der Waals surface area contributed by atoms with E-state index in [1.165, 1.54) is 25.9 Å². The summed E-state index contributed by atoms with van der Waals surface area (Å²) in [7, 11) is 1.96. The highest BCUT2D eigenvalue weighted by molar-refractivity contribution is 5.88. The fourth-order valence-corrected chi connectivity index (χ4v) is 2.38. The summed E-state index contributed by atoms with van der Waals surface area (Å²) in [6.45, 7) is 6.05. The summed E-state index contributed by atoms with van der Waals surface area (Å²) in [5, 5.41) is 9.06. The zero-order valence-corrected chi connectivity index (χ0v) is 11.6. The summed E-state index contributed by atoms with van der Waals surface area (Å²) in [4.78, 5) is 19.9. The molecule has 1 N–H and O–H groups in total. The fraction of sp³-hybridized carbons (Fsp3) is 0.571. The average Bonchev–Trinajstić information content (AvgIpc) is 2.88. The van der Waals surface area contributed by atoms with Crippen LogP contribution < -0.4 is 4.90 Å². The molecule has 0 spiro atoms. The van der Waals surface area contributed by atoms with Crippen LogP contribution in [0.4, 0.5) is 5.82 Å². The maximum atomic E-state index is 11.0. The van der Waals surface area contributed by atoms with E-state index in [4.69, 9.17) is 5.11 Å². The van der Waals surface area contributed by atoms with Crippen LogP contribution in [0.2, 0.25) is 0 Å². The van der Waals surface area contributed by atoms with Crippen molar-refractivity contribution >= 4 is 11.8 Å². The molecule has 0 unspecified atom stereocenters. The molecule has 0 aliphatic carbocycles. The maximum Gasteiger partial charge on any atom is 0.335 e. The van der Waals surface area contributed by atoms with Crippen molar-refractivity contribution in [3.05, 3.63) is 23.4 Å². The van der Waals surface area contributed by atoms with Gasteiger partial charge in [0.2, 0.25) is 0 Å². The van der Waals surface area contributed by atoms with Gasteiger partial charge in [-0.1, -0.05) is 0 Å². The molecule has 1 aromatic rings. The lowest BCUT2D eigenvalue weighted by molar-refractivity contribution is 0.0696. The Kier molecular flexibility index (Phi) is 4.37. The molecular weight excluding hydrogens is 242 g/mol. The molecule has 104 valence electrons. The van der Waals surface area contributed by atoms with Crippen LogP contribution in [0.5, 0.6) is 0 Å². The van der Waals surface area contributed by atoms with Crippen molar-refractivity contribution in [1.29, 1.82) is 0 Å². The van der Waals surface area contributed by atoms with E-state index in [1.807, 2.05) is 18.9 Å². The second-order valence-electron chi connectivity index (χ2n) is 5.13. The lowest BCUT2D eigenvalue weighted by Gasteiger charge is -2.22. The van der Waals surface area contributed by atoms with Crippen LogP contribution in [0.1, 0.15) is 28.9 Å². The second-order valence-corrected chi connectivity index (χ2v) is 5.13. The number of carboxylic acid groups (broad SMARTS) is 1.